The number of hydrogen-bond donors (Lipinski definition) is 6. The van der Waals surface area contributed by atoms with Crippen LogP contribution in [0, 0.1) is 5.41 Å². The fraction of sp³-hybridized carbons (Fsp3) is 0.933. The fourth-order valence-corrected chi connectivity index (χ4v) is 3.65. The van der Waals surface area contributed by atoms with E-state index in [9.17, 15) is 9.59 Å². The van der Waals surface area contributed by atoms with Gasteiger partial charge in [0, 0.05) is 12.8 Å². The summed E-state index contributed by atoms with van der Waals surface area (Å²) in [5.74, 6) is -1.33. The molecule has 0 heterocycles. The highest BCUT2D eigenvalue weighted by Crippen LogP contribution is 2.14. The summed E-state index contributed by atoms with van der Waals surface area (Å²) in [5, 5.41) is 50.7. The van der Waals surface area contributed by atoms with Crippen molar-refractivity contribution in [1.82, 2.24) is 0 Å². The summed E-state index contributed by atoms with van der Waals surface area (Å²) >= 11 is 0. The number of aliphatic carboxylic acids is 2. The van der Waals surface area contributed by atoms with E-state index >= 15 is 0 Å². The van der Waals surface area contributed by atoms with Gasteiger partial charge in [0.25, 0.3) is 0 Å². The molecule has 0 bridgehead atoms. The Labute approximate surface area is 232 Å². The Hall–Kier alpha value is -1.22. The van der Waals surface area contributed by atoms with Crippen LogP contribution in [0.3, 0.4) is 0 Å². The lowest BCUT2D eigenvalue weighted by atomic mass is 9.93. The number of carboxylic acids is 2. The first-order valence-electron chi connectivity index (χ1n) is 15.2. The summed E-state index contributed by atoms with van der Waals surface area (Å²) in [6, 6.07) is 0. The lowest BCUT2D eigenvalue weighted by molar-refractivity contribution is -0.138. The Balaban J connectivity index is -0.000000563. The molecule has 6 N–H and O–H groups in total. The Morgan fingerprint density at radius 3 is 0.816 bits per heavy atom. The predicted octanol–water partition coefficient (Wildman–Crippen LogP) is 6.32. The minimum absolute atomic E-state index is 0.333. The van der Waals surface area contributed by atoms with E-state index in [1.54, 1.807) is 0 Å². The molecule has 0 fully saturated rings. The maximum absolute atomic E-state index is 10.3. The molecule has 0 aliphatic carbocycles. The van der Waals surface area contributed by atoms with E-state index in [-0.39, 0.29) is 0 Å². The Kier molecular flexibility index (Phi) is 36.7. The second-order valence-corrected chi connectivity index (χ2v) is 10.4. The van der Waals surface area contributed by atoms with Gasteiger partial charge in [0.15, 0.2) is 0 Å². The molecule has 0 rings (SSSR count). The number of carboxylic acid groups (broad SMARTS) is 2. The van der Waals surface area contributed by atoms with Gasteiger partial charge in [-0.2, -0.15) is 0 Å². The molecule has 0 radical (unpaired) electrons. The molecule has 0 aromatic rings. The van der Waals surface area contributed by atoms with Gasteiger partial charge in [-0.25, -0.2) is 0 Å². The zero-order valence-corrected chi connectivity index (χ0v) is 24.7. The zero-order valence-electron chi connectivity index (χ0n) is 24.7. The van der Waals surface area contributed by atoms with E-state index < -0.39 is 43.8 Å². The lowest BCUT2D eigenvalue weighted by Gasteiger charge is -2.23. The highest BCUT2D eigenvalue weighted by molar-refractivity contribution is 5.66. The summed E-state index contributed by atoms with van der Waals surface area (Å²) in [6.07, 6.45) is 24.8. The topological polar surface area (TPSA) is 156 Å². The third-order valence-corrected chi connectivity index (χ3v) is 6.58. The van der Waals surface area contributed by atoms with E-state index in [1.165, 1.54) is 89.9 Å². The van der Waals surface area contributed by atoms with Crippen LogP contribution in [0.1, 0.15) is 149 Å². The van der Waals surface area contributed by atoms with Gasteiger partial charge in [-0.3, -0.25) is 9.59 Å². The SMILES string of the molecule is CCCCCCC(=O)O.CCCCCCCCCCCCCCCCCC(=O)O.OCC(CO)(CO)CO. The molecule has 230 valence electrons. The minimum atomic E-state index is -1.11. The smallest absolute Gasteiger partial charge is 0.303 e. The average Bonchev–Trinajstić information content (AvgIpc) is 2.91. The minimum Gasteiger partial charge on any atom is -0.481 e. The molecule has 0 saturated carbocycles. The van der Waals surface area contributed by atoms with Gasteiger partial charge in [-0.1, -0.05) is 123 Å². The molecule has 8 nitrogen and oxygen atoms in total. The van der Waals surface area contributed by atoms with Crippen LogP contribution in [0.4, 0.5) is 0 Å². The summed E-state index contributed by atoms with van der Waals surface area (Å²) in [7, 11) is 0. The van der Waals surface area contributed by atoms with Crippen molar-refractivity contribution in [3.8, 4) is 0 Å². The normalized spacial score (nSPS) is 10.8. The maximum atomic E-state index is 10.3. The van der Waals surface area contributed by atoms with Crippen molar-refractivity contribution >= 4 is 11.9 Å². The highest BCUT2D eigenvalue weighted by Gasteiger charge is 2.26. The molecule has 0 atom stereocenters. The Bertz CT molecular complexity index is 463. The summed E-state index contributed by atoms with van der Waals surface area (Å²) in [4.78, 5) is 20.3. The second kappa shape index (κ2) is 33.8. The van der Waals surface area contributed by atoms with Crippen molar-refractivity contribution in [3.63, 3.8) is 0 Å². The molecule has 0 unspecified atom stereocenters. The average molecular weight is 551 g/mol. The number of hydrogen-bond acceptors (Lipinski definition) is 6. The van der Waals surface area contributed by atoms with Gasteiger partial charge in [0.1, 0.15) is 0 Å². The molecule has 0 aliphatic heterocycles. The molecular weight excluding hydrogens is 488 g/mol. The maximum Gasteiger partial charge on any atom is 0.303 e. The summed E-state index contributed by atoms with van der Waals surface area (Å²) in [5.41, 5.74) is -1.11. The second-order valence-electron chi connectivity index (χ2n) is 10.4. The van der Waals surface area contributed by atoms with Crippen molar-refractivity contribution in [2.75, 3.05) is 26.4 Å². The predicted molar refractivity (Wildman–Crippen MR) is 154 cm³/mol. The van der Waals surface area contributed by atoms with E-state index in [2.05, 4.69) is 13.8 Å². The first-order valence-corrected chi connectivity index (χ1v) is 15.2. The lowest BCUT2D eigenvalue weighted by Crippen LogP contribution is -2.37. The van der Waals surface area contributed by atoms with Gasteiger partial charge in [-0.05, 0) is 12.8 Å². The summed E-state index contributed by atoms with van der Waals surface area (Å²) in [6.45, 7) is 2.76. The van der Waals surface area contributed by atoms with Gasteiger partial charge in [0.2, 0.25) is 0 Å². The molecule has 0 saturated heterocycles. The zero-order chi connectivity index (χ0) is 29.3. The summed E-state index contributed by atoms with van der Waals surface area (Å²) < 4.78 is 0. The largest absolute Gasteiger partial charge is 0.481 e. The monoisotopic (exact) mass is 550 g/mol. The molecule has 0 aromatic carbocycles. The van der Waals surface area contributed by atoms with Gasteiger partial charge in [0.05, 0.1) is 31.8 Å². The Morgan fingerprint density at radius 1 is 0.421 bits per heavy atom. The quantitative estimate of drug-likeness (QED) is 0.0722. The van der Waals surface area contributed by atoms with Crippen LogP contribution in [0.2, 0.25) is 0 Å². The van der Waals surface area contributed by atoms with E-state index in [4.69, 9.17) is 30.6 Å². The number of carbonyl (C=O) groups is 2. The molecule has 38 heavy (non-hydrogen) atoms. The van der Waals surface area contributed by atoms with Crippen LogP contribution in [-0.2, 0) is 9.59 Å². The molecular formula is C30H62O8. The van der Waals surface area contributed by atoms with Gasteiger partial charge in [-0.15, -0.1) is 0 Å². The first kappa shape index (κ1) is 41.3. The van der Waals surface area contributed by atoms with Crippen molar-refractivity contribution in [2.45, 2.75) is 149 Å². The van der Waals surface area contributed by atoms with Crippen LogP contribution in [-0.4, -0.2) is 69.0 Å². The molecule has 0 amide bonds. The fourth-order valence-electron chi connectivity index (χ4n) is 3.65. The number of rotatable bonds is 25. The number of aliphatic hydroxyl groups excluding tert-OH is 4. The van der Waals surface area contributed by atoms with Crippen molar-refractivity contribution < 1.29 is 40.2 Å². The van der Waals surface area contributed by atoms with Crippen LogP contribution in [0.25, 0.3) is 0 Å². The van der Waals surface area contributed by atoms with E-state index in [0.717, 1.165) is 32.1 Å². The molecule has 0 aliphatic rings. The number of aliphatic hydroxyl groups is 4. The van der Waals surface area contributed by atoms with Crippen molar-refractivity contribution in [3.05, 3.63) is 0 Å². The molecule has 0 aromatic heterocycles. The van der Waals surface area contributed by atoms with Crippen LogP contribution >= 0.6 is 0 Å². The third kappa shape index (κ3) is 34.8. The van der Waals surface area contributed by atoms with Crippen LogP contribution < -0.4 is 0 Å². The molecule has 0 spiro atoms. The van der Waals surface area contributed by atoms with E-state index in [0.29, 0.717) is 12.8 Å². The number of unbranched alkanes of at least 4 members (excludes halogenated alkanes) is 17. The van der Waals surface area contributed by atoms with Crippen molar-refractivity contribution in [1.29, 1.82) is 0 Å². The first-order chi connectivity index (χ1) is 18.3. The third-order valence-electron chi connectivity index (χ3n) is 6.58. The molecule has 8 heteroatoms. The van der Waals surface area contributed by atoms with Gasteiger partial charge >= 0.3 is 11.9 Å². The van der Waals surface area contributed by atoms with E-state index in [1.807, 2.05) is 0 Å². The van der Waals surface area contributed by atoms with Crippen LogP contribution in [0.15, 0.2) is 0 Å². The van der Waals surface area contributed by atoms with Crippen LogP contribution in [0.5, 0.6) is 0 Å². The standard InChI is InChI=1S/C18H36O2.C7H14O2.C5H12O4/c1-2-3-4-5-6-7-8-9-10-11-12-13-14-15-16-17-18(19)20;1-2-3-4-5-6-7(8)9;6-1-5(2-7,3-8)4-9/h2-17H2,1H3,(H,19,20);2-6H2,1H3,(H,8,9);6-9H,1-4H2. The van der Waals surface area contributed by atoms with Crippen molar-refractivity contribution in [2.24, 2.45) is 5.41 Å². The van der Waals surface area contributed by atoms with Gasteiger partial charge < -0.3 is 30.6 Å². The Morgan fingerprint density at radius 2 is 0.632 bits per heavy atom. The highest BCUT2D eigenvalue weighted by atomic mass is 16.4.